The number of carbonyl (C=O) groups excluding carboxylic acids is 3. The van der Waals surface area contributed by atoms with E-state index in [1.165, 1.54) is 0 Å². The SMILES string of the molecule is CCCCOC(=O)C1=C(N)Nc2ccccc2[C@]12C(=O)OC1=C2C(=O)CCC1. The lowest BCUT2D eigenvalue weighted by molar-refractivity contribution is -0.146. The van der Waals surface area contributed by atoms with Gasteiger partial charge in [0.1, 0.15) is 17.2 Å². The zero-order chi connectivity index (χ0) is 19.9. The molecule has 0 saturated heterocycles. The molecule has 1 aromatic carbocycles. The van der Waals surface area contributed by atoms with E-state index in [-0.39, 0.29) is 29.4 Å². The van der Waals surface area contributed by atoms with Crippen molar-refractivity contribution in [2.75, 3.05) is 11.9 Å². The molecule has 146 valence electrons. The number of anilines is 1. The molecular formula is C21H22N2O5. The molecular weight excluding hydrogens is 360 g/mol. The number of ether oxygens (including phenoxy) is 2. The van der Waals surface area contributed by atoms with Crippen LogP contribution in [-0.2, 0) is 29.3 Å². The Balaban J connectivity index is 1.95. The summed E-state index contributed by atoms with van der Waals surface area (Å²) in [7, 11) is 0. The molecule has 2 aliphatic heterocycles. The van der Waals surface area contributed by atoms with Crippen LogP contribution in [0.2, 0.25) is 0 Å². The van der Waals surface area contributed by atoms with Crippen LogP contribution in [0.1, 0.15) is 44.6 Å². The van der Waals surface area contributed by atoms with Crippen molar-refractivity contribution in [2.24, 2.45) is 5.73 Å². The molecule has 1 aromatic rings. The molecule has 4 rings (SSSR count). The van der Waals surface area contributed by atoms with Gasteiger partial charge in [0.15, 0.2) is 11.2 Å². The Morgan fingerprint density at radius 2 is 2.07 bits per heavy atom. The quantitative estimate of drug-likeness (QED) is 0.608. The molecule has 28 heavy (non-hydrogen) atoms. The van der Waals surface area contributed by atoms with Gasteiger partial charge in [-0.05, 0) is 18.9 Å². The number of allylic oxidation sites excluding steroid dienone is 1. The summed E-state index contributed by atoms with van der Waals surface area (Å²) in [5.74, 6) is -1.24. The van der Waals surface area contributed by atoms with E-state index < -0.39 is 17.4 Å². The normalized spacial score (nSPS) is 23.3. The number of para-hydroxylation sites is 1. The Morgan fingerprint density at radius 3 is 2.86 bits per heavy atom. The summed E-state index contributed by atoms with van der Waals surface area (Å²) >= 11 is 0. The molecule has 2 heterocycles. The first-order valence-electron chi connectivity index (χ1n) is 9.54. The van der Waals surface area contributed by atoms with Crippen molar-refractivity contribution in [2.45, 2.75) is 44.4 Å². The summed E-state index contributed by atoms with van der Waals surface area (Å²) in [5, 5.41) is 2.98. The molecule has 0 unspecified atom stereocenters. The summed E-state index contributed by atoms with van der Waals surface area (Å²) in [4.78, 5) is 39.2. The maximum atomic E-state index is 13.3. The summed E-state index contributed by atoms with van der Waals surface area (Å²) in [6, 6.07) is 7.01. The number of rotatable bonds is 4. The third-order valence-electron chi connectivity index (χ3n) is 5.44. The number of unbranched alkanes of at least 4 members (excludes halogenated alkanes) is 1. The molecule has 0 bridgehead atoms. The zero-order valence-corrected chi connectivity index (χ0v) is 15.7. The van der Waals surface area contributed by atoms with Crippen LogP contribution in [0.4, 0.5) is 5.69 Å². The van der Waals surface area contributed by atoms with Crippen LogP contribution in [0.5, 0.6) is 0 Å². The molecule has 7 heteroatoms. The van der Waals surface area contributed by atoms with E-state index in [0.717, 1.165) is 6.42 Å². The molecule has 0 radical (unpaired) electrons. The first-order valence-corrected chi connectivity index (χ1v) is 9.54. The summed E-state index contributed by atoms with van der Waals surface area (Å²) in [6.07, 6.45) is 2.92. The van der Waals surface area contributed by atoms with Gasteiger partial charge in [0.25, 0.3) is 0 Å². The van der Waals surface area contributed by atoms with Gasteiger partial charge in [-0.2, -0.15) is 0 Å². The topological polar surface area (TPSA) is 108 Å². The zero-order valence-electron chi connectivity index (χ0n) is 15.7. The van der Waals surface area contributed by atoms with Gasteiger partial charge in [-0.1, -0.05) is 31.5 Å². The second kappa shape index (κ2) is 6.82. The lowest BCUT2D eigenvalue weighted by Gasteiger charge is -2.36. The molecule has 0 aromatic heterocycles. The fraction of sp³-hybridized carbons (Fsp3) is 0.381. The third-order valence-corrected chi connectivity index (χ3v) is 5.44. The molecule has 3 N–H and O–H groups in total. The van der Waals surface area contributed by atoms with E-state index in [1.54, 1.807) is 24.3 Å². The average Bonchev–Trinajstić information content (AvgIpc) is 2.96. The Morgan fingerprint density at radius 1 is 1.29 bits per heavy atom. The van der Waals surface area contributed by atoms with Crippen molar-refractivity contribution in [3.05, 3.63) is 52.6 Å². The van der Waals surface area contributed by atoms with E-state index in [4.69, 9.17) is 15.2 Å². The lowest BCUT2D eigenvalue weighted by Crippen LogP contribution is -2.47. The molecule has 0 amide bonds. The highest BCUT2D eigenvalue weighted by Crippen LogP contribution is 2.54. The highest BCUT2D eigenvalue weighted by Gasteiger charge is 2.62. The minimum absolute atomic E-state index is 0.00396. The van der Waals surface area contributed by atoms with Gasteiger partial charge in [-0.3, -0.25) is 4.79 Å². The van der Waals surface area contributed by atoms with Crippen LogP contribution in [0, 0.1) is 0 Å². The van der Waals surface area contributed by atoms with Crippen LogP contribution in [0.15, 0.2) is 47.0 Å². The molecule has 0 fully saturated rings. The number of nitrogens with two attached hydrogens (primary N) is 1. The van der Waals surface area contributed by atoms with Crippen LogP contribution >= 0.6 is 0 Å². The van der Waals surface area contributed by atoms with Crippen LogP contribution in [0.3, 0.4) is 0 Å². The van der Waals surface area contributed by atoms with Crippen molar-refractivity contribution in [3.63, 3.8) is 0 Å². The first kappa shape index (κ1) is 18.3. The maximum absolute atomic E-state index is 13.3. The highest BCUT2D eigenvalue weighted by atomic mass is 16.5. The van der Waals surface area contributed by atoms with Crippen LogP contribution in [-0.4, -0.2) is 24.3 Å². The summed E-state index contributed by atoms with van der Waals surface area (Å²) in [5.41, 5.74) is 5.74. The van der Waals surface area contributed by atoms with E-state index >= 15 is 0 Å². The number of fused-ring (bicyclic) bond motifs is 3. The van der Waals surface area contributed by atoms with E-state index in [0.29, 0.717) is 42.7 Å². The number of ketones is 1. The van der Waals surface area contributed by atoms with Gasteiger partial charge in [0.2, 0.25) is 0 Å². The van der Waals surface area contributed by atoms with E-state index in [1.807, 2.05) is 6.92 Å². The fourth-order valence-corrected chi connectivity index (χ4v) is 4.21. The minimum atomic E-state index is -1.68. The highest BCUT2D eigenvalue weighted by molar-refractivity contribution is 6.17. The second-order valence-corrected chi connectivity index (χ2v) is 7.16. The first-order chi connectivity index (χ1) is 13.5. The smallest absolute Gasteiger partial charge is 0.339 e. The van der Waals surface area contributed by atoms with Gasteiger partial charge in [0.05, 0.1) is 12.2 Å². The standard InChI is InChI=1S/C21H22N2O5/c1-2-3-11-27-19(25)17-18(22)23-13-8-5-4-7-12(13)21(17)16-14(24)9-6-10-15(16)28-20(21)26/h4-5,7-8,23H,2-3,6,9-11,22H2,1H3/t21-/m1/s1. The predicted molar refractivity (Wildman–Crippen MR) is 101 cm³/mol. The van der Waals surface area contributed by atoms with Crippen LogP contribution < -0.4 is 11.1 Å². The predicted octanol–water partition coefficient (Wildman–Crippen LogP) is 2.43. The Kier molecular flexibility index (Phi) is 4.45. The Labute approximate surface area is 162 Å². The second-order valence-electron chi connectivity index (χ2n) is 7.16. The molecule has 1 spiro atoms. The van der Waals surface area contributed by atoms with Gasteiger partial charge in [0, 0.05) is 24.1 Å². The number of esters is 2. The van der Waals surface area contributed by atoms with Crippen molar-refractivity contribution in [1.82, 2.24) is 0 Å². The Hall–Kier alpha value is -3.09. The largest absolute Gasteiger partial charge is 0.462 e. The van der Waals surface area contributed by atoms with Crippen molar-refractivity contribution in [3.8, 4) is 0 Å². The van der Waals surface area contributed by atoms with E-state index in [2.05, 4.69) is 5.32 Å². The van der Waals surface area contributed by atoms with Crippen molar-refractivity contribution >= 4 is 23.4 Å². The van der Waals surface area contributed by atoms with Gasteiger partial charge in [-0.25, -0.2) is 9.59 Å². The number of hydrogen-bond donors (Lipinski definition) is 2. The number of hydrogen-bond acceptors (Lipinski definition) is 7. The summed E-state index contributed by atoms with van der Waals surface area (Å²) < 4.78 is 10.9. The minimum Gasteiger partial charge on any atom is -0.462 e. The number of carbonyl (C=O) groups is 3. The molecule has 0 saturated carbocycles. The molecule has 3 aliphatic rings. The van der Waals surface area contributed by atoms with Crippen LogP contribution in [0.25, 0.3) is 0 Å². The number of nitrogens with one attached hydrogen (secondary N) is 1. The van der Waals surface area contributed by atoms with Crippen molar-refractivity contribution in [1.29, 1.82) is 0 Å². The average molecular weight is 382 g/mol. The van der Waals surface area contributed by atoms with E-state index in [9.17, 15) is 14.4 Å². The number of Topliss-reactive ketones (excluding diaryl/α,β-unsaturated/α-hetero) is 1. The lowest BCUT2D eigenvalue weighted by atomic mass is 9.64. The fourth-order valence-electron chi connectivity index (χ4n) is 4.21. The van der Waals surface area contributed by atoms with Gasteiger partial charge in [-0.15, -0.1) is 0 Å². The Bertz CT molecular complexity index is 946. The van der Waals surface area contributed by atoms with Gasteiger partial charge < -0.3 is 20.5 Å². The van der Waals surface area contributed by atoms with Crippen molar-refractivity contribution < 1.29 is 23.9 Å². The monoisotopic (exact) mass is 382 g/mol. The molecule has 7 nitrogen and oxygen atoms in total. The van der Waals surface area contributed by atoms with Gasteiger partial charge >= 0.3 is 11.9 Å². The molecule has 1 atom stereocenters. The third kappa shape index (κ3) is 2.46. The molecule has 1 aliphatic carbocycles. The number of benzene rings is 1. The maximum Gasteiger partial charge on any atom is 0.339 e. The summed E-state index contributed by atoms with van der Waals surface area (Å²) in [6.45, 7) is 2.19.